The smallest absolute Gasteiger partial charge is 0.326 e. The molecule has 3 N–H and O–H groups in total. The second-order valence-electron chi connectivity index (χ2n) is 5.59. The van der Waals surface area contributed by atoms with Crippen LogP contribution in [0.1, 0.15) is 39.0 Å². The molecule has 0 aromatic heterocycles. The molecule has 2 aliphatic rings. The maximum absolute atomic E-state index is 11.6. The van der Waals surface area contributed by atoms with Crippen LogP contribution in [-0.2, 0) is 4.79 Å². The van der Waals surface area contributed by atoms with Gasteiger partial charge in [0, 0.05) is 6.54 Å². The Morgan fingerprint density at radius 3 is 2.61 bits per heavy atom. The highest BCUT2D eigenvalue weighted by molar-refractivity contribution is 5.82. The van der Waals surface area contributed by atoms with Crippen LogP contribution in [0.4, 0.5) is 4.79 Å². The van der Waals surface area contributed by atoms with Crippen molar-refractivity contribution >= 4 is 12.0 Å². The largest absolute Gasteiger partial charge is 0.480 e. The number of carbonyl (C=O) groups excluding carboxylic acids is 1. The lowest BCUT2D eigenvalue weighted by Crippen LogP contribution is -2.47. The Balaban J connectivity index is 1.70. The number of carbonyl (C=O) groups is 2. The van der Waals surface area contributed by atoms with Gasteiger partial charge in [0.15, 0.2) is 0 Å². The van der Waals surface area contributed by atoms with Gasteiger partial charge in [-0.15, -0.1) is 0 Å². The van der Waals surface area contributed by atoms with Crippen molar-refractivity contribution in [2.75, 3.05) is 6.54 Å². The standard InChI is InChI=1S/C13H22N2O3/c1-2-11(12(16)17)15-13(18)14-7-10-6-8-3-4-9(10)5-8/h8-11H,2-7H2,1H3,(H,16,17)(H2,14,15,18). The van der Waals surface area contributed by atoms with Gasteiger partial charge in [0.25, 0.3) is 0 Å². The molecule has 5 nitrogen and oxygen atoms in total. The second kappa shape index (κ2) is 5.59. The van der Waals surface area contributed by atoms with Crippen LogP contribution in [0, 0.1) is 17.8 Å². The average Bonchev–Trinajstić information content (AvgIpc) is 2.95. The van der Waals surface area contributed by atoms with Gasteiger partial charge in [-0.3, -0.25) is 0 Å². The Hall–Kier alpha value is -1.26. The van der Waals surface area contributed by atoms with E-state index in [2.05, 4.69) is 10.6 Å². The Bertz CT molecular complexity index is 332. The van der Waals surface area contributed by atoms with E-state index in [0.717, 1.165) is 11.8 Å². The summed E-state index contributed by atoms with van der Waals surface area (Å²) in [6.45, 7) is 2.43. The normalized spacial score (nSPS) is 31.1. The number of carboxylic acids is 1. The molecular weight excluding hydrogens is 232 g/mol. The number of nitrogens with one attached hydrogen (secondary N) is 2. The first-order valence-corrected chi connectivity index (χ1v) is 6.87. The van der Waals surface area contributed by atoms with E-state index in [4.69, 9.17) is 5.11 Å². The molecule has 5 heteroatoms. The van der Waals surface area contributed by atoms with Crippen LogP contribution in [0.25, 0.3) is 0 Å². The quantitative estimate of drug-likeness (QED) is 0.697. The molecule has 2 fully saturated rings. The molecule has 0 aromatic carbocycles. The van der Waals surface area contributed by atoms with Gasteiger partial charge >= 0.3 is 12.0 Å². The third-order valence-corrected chi connectivity index (χ3v) is 4.42. The third-order valence-electron chi connectivity index (χ3n) is 4.42. The summed E-state index contributed by atoms with van der Waals surface area (Å²) in [5.74, 6) is 1.26. The van der Waals surface area contributed by atoms with E-state index in [9.17, 15) is 9.59 Å². The first-order chi connectivity index (χ1) is 8.60. The van der Waals surface area contributed by atoms with Crippen molar-refractivity contribution < 1.29 is 14.7 Å². The topological polar surface area (TPSA) is 78.4 Å². The van der Waals surface area contributed by atoms with Crippen LogP contribution in [0.2, 0.25) is 0 Å². The Kier molecular flexibility index (Phi) is 4.09. The minimum absolute atomic E-state index is 0.355. The number of hydrogen-bond acceptors (Lipinski definition) is 2. The Morgan fingerprint density at radius 2 is 2.11 bits per heavy atom. The molecule has 2 rings (SSSR count). The number of carboxylic acid groups (broad SMARTS) is 1. The summed E-state index contributed by atoms with van der Waals surface area (Å²) in [6, 6.07) is -1.14. The fourth-order valence-electron chi connectivity index (χ4n) is 3.40. The van der Waals surface area contributed by atoms with Gasteiger partial charge in [-0.25, -0.2) is 9.59 Å². The van der Waals surface area contributed by atoms with Crippen LogP contribution < -0.4 is 10.6 Å². The van der Waals surface area contributed by atoms with E-state index in [1.165, 1.54) is 25.7 Å². The van der Waals surface area contributed by atoms with E-state index in [0.29, 0.717) is 18.9 Å². The summed E-state index contributed by atoms with van der Waals surface area (Å²) >= 11 is 0. The zero-order valence-corrected chi connectivity index (χ0v) is 10.8. The maximum atomic E-state index is 11.6. The first-order valence-electron chi connectivity index (χ1n) is 6.87. The van der Waals surface area contributed by atoms with Crippen molar-refractivity contribution in [1.29, 1.82) is 0 Å². The summed E-state index contributed by atoms with van der Waals surface area (Å²) in [7, 11) is 0. The average molecular weight is 254 g/mol. The van der Waals surface area contributed by atoms with Crippen LogP contribution in [-0.4, -0.2) is 29.7 Å². The van der Waals surface area contributed by atoms with E-state index in [-0.39, 0.29) is 6.03 Å². The Labute approximate surface area is 107 Å². The number of aliphatic carboxylic acids is 1. The molecular formula is C13H22N2O3. The zero-order valence-electron chi connectivity index (χ0n) is 10.8. The van der Waals surface area contributed by atoms with Gasteiger partial charge in [0.2, 0.25) is 0 Å². The summed E-state index contributed by atoms with van der Waals surface area (Å²) in [5.41, 5.74) is 0. The number of rotatable bonds is 5. The number of amides is 2. The van der Waals surface area contributed by atoms with Crippen molar-refractivity contribution in [1.82, 2.24) is 10.6 Å². The number of urea groups is 1. The molecule has 0 heterocycles. The lowest BCUT2D eigenvalue weighted by atomic mass is 9.89. The monoisotopic (exact) mass is 254 g/mol. The van der Waals surface area contributed by atoms with Crippen LogP contribution in [0.3, 0.4) is 0 Å². The molecule has 2 amide bonds. The second-order valence-corrected chi connectivity index (χ2v) is 5.59. The summed E-state index contributed by atoms with van der Waals surface area (Å²) in [5, 5.41) is 14.1. The van der Waals surface area contributed by atoms with E-state index in [1.807, 2.05) is 0 Å². The fraction of sp³-hybridized carbons (Fsp3) is 0.846. The Morgan fingerprint density at radius 1 is 1.33 bits per heavy atom. The lowest BCUT2D eigenvalue weighted by molar-refractivity contribution is -0.139. The summed E-state index contributed by atoms with van der Waals surface area (Å²) in [6.07, 6.45) is 5.59. The lowest BCUT2D eigenvalue weighted by Gasteiger charge is -2.22. The number of hydrogen-bond donors (Lipinski definition) is 3. The van der Waals surface area contributed by atoms with Gasteiger partial charge in [-0.05, 0) is 43.4 Å². The number of fused-ring (bicyclic) bond motifs is 2. The molecule has 18 heavy (non-hydrogen) atoms. The van der Waals surface area contributed by atoms with Gasteiger partial charge in [-0.2, -0.15) is 0 Å². The molecule has 2 bridgehead atoms. The highest BCUT2D eigenvalue weighted by Crippen LogP contribution is 2.47. The fourth-order valence-corrected chi connectivity index (χ4v) is 3.40. The van der Waals surface area contributed by atoms with Crippen LogP contribution >= 0.6 is 0 Å². The minimum atomic E-state index is -0.979. The van der Waals surface area contributed by atoms with E-state index in [1.54, 1.807) is 6.92 Å². The molecule has 0 saturated heterocycles. The molecule has 2 saturated carbocycles. The molecule has 0 aromatic rings. The molecule has 4 unspecified atom stereocenters. The highest BCUT2D eigenvalue weighted by atomic mass is 16.4. The van der Waals surface area contributed by atoms with Crippen molar-refractivity contribution in [2.24, 2.45) is 17.8 Å². The zero-order chi connectivity index (χ0) is 13.1. The van der Waals surface area contributed by atoms with Crippen LogP contribution in [0.5, 0.6) is 0 Å². The third kappa shape index (κ3) is 2.94. The first kappa shape index (κ1) is 13.2. The SMILES string of the molecule is CCC(NC(=O)NCC1CC2CCC1C2)C(=O)O. The van der Waals surface area contributed by atoms with Crippen molar-refractivity contribution in [3.05, 3.63) is 0 Å². The van der Waals surface area contributed by atoms with Gasteiger partial charge < -0.3 is 15.7 Å². The predicted molar refractivity (Wildman–Crippen MR) is 67.2 cm³/mol. The van der Waals surface area contributed by atoms with Gasteiger partial charge in [0.1, 0.15) is 6.04 Å². The molecule has 4 atom stereocenters. The molecule has 0 spiro atoms. The van der Waals surface area contributed by atoms with Gasteiger partial charge in [0.05, 0.1) is 0 Å². The molecule has 0 aliphatic heterocycles. The minimum Gasteiger partial charge on any atom is -0.480 e. The molecule has 102 valence electrons. The van der Waals surface area contributed by atoms with Crippen molar-refractivity contribution in [2.45, 2.75) is 45.1 Å². The predicted octanol–water partition coefficient (Wildman–Crippen LogP) is 1.58. The van der Waals surface area contributed by atoms with Crippen molar-refractivity contribution in [3.8, 4) is 0 Å². The highest BCUT2D eigenvalue weighted by Gasteiger charge is 2.39. The van der Waals surface area contributed by atoms with E-state index >= 15 is 0 Å². The van der Waals surface area contributed by atoms with Crippen molar-refractivity contribution in [3.63, 3.8) is 0 Å². The van der Waals surface area contributed by atoms with Gasteiger partial charge in [-0.1, -0.05) is 13.3 Å². The summed E-state index contributed by atoms with van der Waals surface area (Å²) in [4.78, 5) is 22.4. The van der Waals surface area contributed by atoms with Crippen LogP contribution in [0.15, 0.2) is 0 Å². The maximum Gasteiger partial charge on any atom is 0.326 e. The summed E-state index contributed by atoms with van der Waals surface area (Å²) < 4.78 is 0. The van der Waals surface area contributed by atoms with E-state index < -0.39 is 12.0 Å². The molecule has 0 radical (unpaired) electrons. The molecule has 2 aliphatic carbocycles.